The zero-order valence-corrected chi connectivity index (χ0v) is 31.9. The first kappa shape index (κ1) is 32.2. The van der Waals surface area contributed by atoms with Gasteiger partial charge in [-0.1, -0.05) is 68.2 Å². The Balaban J connectivity index is 1.24. The van der Waals surface area contributed by atoms with E-state index in [4.69, 9.17) is 6.58 Å². The Morgan fingerprint density at radius 3 is 2.35 bits per heavy atom. The van der Waals surface area contributed by atoms with Crippen molar-refractivity contribution in [3.63, 3.8) is 0 Å². The number of pyridine rings is 2. The lowest BCUT2D eigenvalue weighted by molar-refractivity contribution is -0.719. The highest BCUT2D eigenvalue weighted by Crippen LogP contribution is 2.46. The molecule has 51 heavy (non-hydrogen) atoms. The molecule has 0 amide bonds. The second kappa shape index (κ2) is 11.9. The molecule has 0 bridgehead atoms. The van der Waals surface area contributed by atoms with E-state index >= 15 is 0 Å². The van der Waals surface area contributed by atoms with Gasteiger partial charge < -0.3 is 0 Å². The summed E-state index contributed by atoms with van der Waals surface area (Å²) in [4.78, 5) is 0. The molecule has 3 aromatic heterocycles. The predicted octanol–water partition coefficient (Wildman–Crippen LogP) is 11.1. The largest absolute Gasteiger partial charge is 0.218 e. The number of aromatic nitrogens is 2. The highest BCUT2D eigenvalue weighted by molar-refractivity contribution is 7.25. The zero-order valence-electron chi connectivity index (χ0n) is 30.1. The van der Waals surface area contributed by atoms with Gasteiger partial charge in [0.05, 0.1) is 20.1 Å². The molecule has 5 heterocycles. The third kappa shape index (κ3) is 5.32. The van der Waals surface area contributed by atoms with Crippen molar-refractivity contribution in [1.82, 2.24) is 0 Å². The molecule has 2 nitrogen and oxygen atoms in total. The normalized spacial score (nSPS) is 17.0. The van der Waals surface area contributed by atoms with Crippen molar-refractivity contribution in [3.8, 4) is 33.6 Å². The Kier molecular flexibility index (Phi) is 7.53. The predicted molar refractivity (Wildman–Crippen MR) is 215 cm³/mol. The Labute approximate surface area is 305 Å². The smallest absolute Gasteiger partial charge is 0.206 e. The zero-order chi connectivity index (χ0) is 35.2. The summed E-state index contributed by atoms with van der Waals surface area (Å²) in [5, 5.41) is 4.01. The van der Waals surface area contributed by atoms with E-state index in [1.807, 2.05) is 23.5 Å². The number of nitrogens with zero attached hydrogens (tertiary/aromatic N) is 2. The van der Waals surface area contributed by atoms with Gasteiger partial charge in [0.25, 0.3) is 0 Å². The molecule has 0 saturated heterocycles. The minimum Gasteiger partial charge on any atom is -0.206 e. The molecule has 2 atom stereocenters. The van der Waals surface area contributed by atoms with Crippen LogP contribution in [0.5, 0.6) is 0 Å². The van der Waals surface area contributed by atoms with Crippen LogP contribution in [0.15, 0.2) is 116 Å². The summed E-state index contributed by atoms with van der Waals surface area (Å²) < 4.78 is 22.3. The molecule has 0 fully saturated rings. The van der Waals surface area contributed by atoms with Gasteiger partial charge in [-0.3, -0.25) is 0 Å². The first-order valence-electron chi connectivity index (χ1n) is 18.2. The molecule has 0 radical (unpaired) electrons. The summed E-state index contributed by atoms with van der Waals surface area (Å²) in [6.45, 7) is 16.7. The molecule has 2 aliphatic rings. The van der Waals surface area contributed by atoms with Crippen LogP contribution in [0, 0.1) is 19.7 Å². The molecule has 0 spiro atoms. The van der Waals surface area contributed by atoms with Gasteiger partial charge in [0.2, 0.25) is 11.4 Å². The van der Waals surface area contributed by atoms with Gasteiger partial charge >= 0.3 is 0 Å². The van der Waals surface area contributed by atoms with Crippen molar-refractivity contribution < 1.29 is 13.5 Å². The lowest BCUT2D eigenvalue weighted by Gasteiger charge is -2.32. The molecule has 5 heteroatoms. The van der Waals surface area contributed by atoms with Crippen LogP contribution in [0.25, 0.3) is 59.5 Å². The van der Waals surface area contributed by atoms with Crippen LogP contribution in [-0.4, -0.2) is 8.07 Å². The Hall–Kier alpha value is -4.71. The van der Waals surface area contributed by atoms with E-state index in [1.165, 1.54) is 70.1 Å². The van der Waals surface area contributed by atoms with Gasteiger partial charge in [0.1, 0.15) is 5.82 Å². The number of benzene rings is 4. The van der Waals surface area contributed by atoms with Crippen LogP contribution >= 0.6 is 11.3 Å². The fourth-order valence-corrected chi connectivity index (χ4v) is 11.9. The standard InChI is InChI=1S/C46H43FN2SSi/c1-28-19-20-48-30(3)23-43-36(34-12-7-8-13-35(34)42-22-29(2)46(27-49(42)43)51(4,5)6)17-15-32-25-45-39(26-38(32)41(48)21-28)37-18-16-31(24-44(37)50-45)33-11-9-10-14-40(33)47/h7-14,16,18-22,24-27,36,43H,3,15,17,23H2,1-2,4-6H3/q+2. The maximum absolute atomic E-state index is 14.8. The van der Waals surface area contributed by atoms with Crippen molar-refractivity contribution in [1.29, 1.82) is 0 Å². The van der Waals surface area contributed by atoms with Crippen LogP contribution in [0.1, 0.15) is 47.1 Å². The minimum absolute atomic E-state index is 0.187. The SMILES string of the molecule is C=C1CC2C(CCc3cc4sc5cc(-c6ccccc6F)ccc5c4cc3-c3cc(C)cc[n+]31)c1ccccc1-c1cc(C)c([Si](C)(C)C)c[n+]12. The molecule has 252 valence electrons. The highest BCUT2D eigenvalue weighted by atomic mass is 32.1. The maximum atomic E-state index is 14.8. The molecule has 2 unspecified atom stereocenters. The fraction of sp³-hybridized carbons (Fsp3) is 0.217. The average molecular weight is 703 g/mol. The van der Waals surface area contributed by atoms with Crippen LogP contribution in [0.4, 0.5) is 4.39 Å². The molecule has 4 aromatic carbocycles. The first-order valence-corrected chi connectivity index (χ1v) is 22.5. The van der Waals surface area contributed by atoms with E-state index in [1.54, 1.807) is 12.1 Å². The topological polar surface area (TPSA) is 7.76 Å². The highest BCUT2D eigenvalue weighted by Gasteiger charge is 2.43. The summed E-state index contributed by atoms with van der Waals surface area (Å²) in [5.74, 6) is 0.155. The summed E-state index contributed by atoms with van der Waals surface area (Å²) in [7, 11) is -1.59. The number of hydrogen-bond acceptors (Lipinski definition) is 1. The molecule has 2 aliphatic heterocycles. The Morgan fingerprint density at radius 1 is 0.784 bits per heavy atom. The van der Waals surface area contributed by atoms with Crippen molar-refractivity contribution in [2.45, 2.75) is 64.7 Å². The Bertz CT molecular complexity index is 2570. The molecular weight excluding hydrogens is 660 g/mol. The average Bonchev–Trinajstić information content (AvgIpc) is 3.46. The second-order valence-electron chi connectivity index (χ2n) is 15.7. The van der Waals surface area contributed by atoms with Gasteiger partial charge in [-0.2, -0.15) is 9.13 Å². The number of rotatable bonds is 2. The van der Waals surface area contributed by atoms with Gasteiger partial charge in [0, 0.05) is 60.6 Å². The Morgan fingerprint density at radius 2 is 1.55 bits per heavy atom. The van der Waals surface area contributed by atoms with Gasteiger partial charge in [-0.25, -0.2) is 4.39 Å². The van der Waals surface area contributed by atoms with Crippen LogP contribution in [-0.2, 0) is 6.42 Å². The van der Waals surface area contributed by atoms with E-state index in [9.17, 15) is 4.39 Å². The van der Waals surface area contributed by atoms with Gasteiger partial charge in [-0.05, 0) is 91.4 Å². The van der Waals surface area contributed by atoms with Gasteiger partial charge in [0.15, 0.2) is 24.1 Å². The van der Waals surface area contributed by atoms with E-state index in [0.717, 1.165) is 30.5 Å². The summed E-state index contributed by atoms with van der Waals surface area (Å²) in [5.41, 5.74) is 13.3. The molecule has 7 aromatic rings. The molecule has 0 N–H and O–H groups in total. The monoisotopic (exact) mass is 702 g/mol. The summed E-state index contributed by atoms with van der Waals surface area (Å²) in [6.07, 6.45) is 7.63. The van der Waals surface area contributed by atoms with E-state index in [-0.39, 0.29) is 11.9 Å². The number of halogens is 1. The number of thiophene rings is 1. The summed E-state index contributed by atoms with van der Waals surface area (Å²) in [6, 6.07) is 34.7. The van der Waals surface area contributed by atoms with Crippen LogP contribution in [0.2, 0.25) is 19.6 Å². The third-order valence-electron chi connectivity index (χ3n) is 11.4. The second-order valence-corrected chi connectivity index (χ2v) is 21.9. The summed E-state index contributed by atoms with van der Waals surface area (Å²) >= 11 is 1.82. The fourth-order valence-electron chi connectivity index (χ4n) is 8.90. The lowest BCUT2D eigenvalue weighted by atomic mass is 9.77. The van der Waals surface area contributed by atoms with Gasteiger partial charge in [-0.15, -0.1) is 11.3 Å². The molecule has 0 saturated carbocycles. The number of aryl methyl sites for hydroxylation is 3. The van der Waals surface area contributed by atoms with E-state index < -0.39 is 8.07 Å². The maximum Gasteiger partial charge on any atom is 0.218 e. The van der Waals surface area contributed by atoms with E-state index in [2.05, 4.69) is 128 Å². The third-order valence-corrected chi connectivity index (χ3v) is 14.6. The number of fused-ring (bicyclic) bond motifs is 12. The van der Waals surface area contributed by atoms with Crippen molar-refractivity contribution in [3.05, 3.63) is 144 Å². The van der Waals surface area contributed by atoms with E-state index in [0.29, 0.717) is 11.5 Å². The van der Waals surface area contributed by atoms with Crippen molar-refractivity contribution >= 4 is 50.5 Å². The van der Waals surface area contributed by atoms with Crippen LogP contribution < -0.4 is 14.3 Å². The lowest BCUT2D eigenvalue weighted by Crippen LogP contribution is -2.54. The number of hydrogen-bond donors (Lipinski definition) is 0. The quantitative estimate of drug-likeness (QED) is 0.125. The van der Waals surface area contributed by atoms with Crippen molar-refractivity contribution in [2.75, 3.05) is 0 Å². The minimum atomic E-state index is -1.59. The number of allylic oxidation sites excluding steroid dienone is 1. The first-order chi connectivity index (χ1) is 24.5. The van der Waals surface area contributed by atoms with Crippen molar-refractivity contribution in [2.24, 2.45) is 0 Å². The van der Waals surface area contributed by atoms with Crippen LogP contribution in [0.3, 0.4) is 0 Å². The molecule has 0 aliphatic carbocycles. The molecule has 9 rings (SSSR count). The molecular formula is C46H43FN2SSi+2.